The van der Waals surface area contributed by atoms with Gasteiger partial charge in [-0.3, -0.25) is 14.4 Å². The van der Waals surface area contributed by atoms with Crippen LogP contribution in [0, 0.1) is 3.57 Å². The number of benzene rings is 1. The van der Waals surface area contributed by atoms with Gasteiger partial charge in [-0.2, -0.15) is 5.10 Å². The predicted octanol–water partition coefficient (Wildman–Crippen LogP) is 3.17. The first-order chi connectivity index (χ1) is 18.4. The maximum absolute atomic E-state index is 13.4. The Morgan fingerprint density at radius 1 is 1.26 bits per heavy atom. The molecule has 1 saturated heterocycles. The van der Waals surface area contributed by atoms with Crippen LogP contribution in [-0.4, -0.2) is 68.4 Å². The highest BCUT2D eigenvalue weighted by molar-refractivity contribution is 14.1. The summed E-state index contributed by atoms with van der Waals surface area (Å²) in [7, 11) is 0. The second-order valence-electron chi connectivity index (χ2n) is 11.0. The van der Waals surface area contributed by atoms with Gasteiger partial charge in [-0.1, -0.05) is 12.1 Å². The maximum atomic E-state index is 13.4. The van der Waals surface area contributed by atoms with Crippen molar-refractivity contribution in [1.29, 1.82) is 0 Å². The van der Waals surface area contributed by atoms with Gasteiger partial charge in [-0.05, 0) is 73.0 Å². The van der Waals surface area contributed by atoms with E-state index >= 15 is 0 Å². The van der Waals surface area contributed by atoms with Gasteiger partial charge in [-0.15, -0.1) is 0 Å². The molecule has 2 aliphatic rings. The summed E-state index contributed by atoms with van der Waals surface area (Å²) in [4.78, 5) is 45.7. The number of pyridine rings is 1. The number of rotatable bonds is 8. The maximum Gasteiger partial charge on any atom is 0.306 e. The number of hydrogen-bond acceptors (Lipinski definition) is 7. The largest absolute Gasteiger partial charge is 0.460 e. The molecule has 0 unspecified atom stereocenters. The van der Waals surface area contributed by atoms with Crippen molar-refractivity contribution in [2.24, 2.45) is 5.73 Å². The number of amides is 2. The number of primary amides is 1. The van der Waals surface area contributed by atoms with E-state index in [0.717, 1.165) is 25.9 Å². The van der Waals surface area contributed by atoms with Gasteiger partial charge in [0.2, 0.25) is 5.91 Å². The van der Waals surface area contributed by atoms with E-state index in [1.165, 1.54) is 4.90 Å². The molecule has 0 saturated carbocycles. The van der Waals surface area contributed by atoms with E-state index in [2.05, 4.69) is 27.7 Å². The molecule has 0 bridgehead atoms. The van der Waals surface area contributed by atoms with Crippen LogP contribution >= 0.6 is 22.6 Å². The smallest absolute Gasteiger partial charge is 0.306 e. The molecule has 2 aliphatic heterocycles. The van der Waals surface area contributed by atoms with E-state index in [1.807, 2.05) is 23.1 Å². The molecule has 0 radical (unpaired) electrons. The monoisotopic (exact) mass is 648 g/mol. The first-order valence-corrected chi connectivity index (χ1v) is 13.8. The van der Waals surface area contributed by atoms with Crippen LogP contribution in [-0.2, 0) is 27.4 Å². The van der Waals surface area contributed by atoms with Crippen molar-refractivity contribution in [2.45, 2.75) is 64.5 Å². The standard InChI is InChI=1S/C27H30FIN6O4/c1-27(2,3)39-23(36)7-6-21(24(30)37)34-12-16-8-15(4-5-18(16)26(34)38)11-35-25-19(10-31-35)20(29)9-22(32-25)33-13-17(28)14-33/h4-5,8-10,17,21H,6-7,11-14H2,1-3H3,(H2,30,37)/t21-/m0/s1. The van der Waals surface area contributed by atoms with E-state index in [0.29, 0.717) is 30.8 Å². The lowest BCUT2D eigenvalue weighted by atomic mass is 10.1. The molecule has 1 aromatic carbocycles. The zero-order chi connectivity index (χ0) is 28.1. The zero-order valence-electron chi connectivity index (χ0n) is 22.0. The van der Waals surface area contributed by atoms with E-state index in [1.54, 1.807) is 37.7 Å². The lowest BCUT2D eigenvalue weighted by Crippen LogP contribution is -2.48. The molecule has 1 fully saturated rings. The van der Waals surface area contributed by atoms with Gasteiger partial charge < -0.3 is 20.3 Å². The molecule has 39 heavy (non-hydrogen) atoms. The van der Waals surface area contributed by atoms with Crippen molar-refractivity contribution in [3.05, 3.63) is 50.7 Å². The summed E-state index contributed by atoms with van der Waals surface area (Å²) in [6.07, 6.45) is 0.996. The van der Waals surface area contributed by atoms with Gasteiger partial charge in [0, 0.05) is 22.1 Å². The number of hydrogen-bond donors (Lipinski definition) is 1. The highest BCUT2D eigenvalue weighted by atomic mass is 127. The van der Waals surface area contributed by atoms with Gasteiger partial charge in [0.25, 0.3) is 5.91 Å². The Morgan fingerprint density at radius 3 is 2.67 bits per heavy atom. The van der Waals surface area contributed by atoms with Crippen LogP contribution in [0.1, 0.15) is 55.1 Å². The minimum atomic E-state index is -0.925. The fourth-order valence-corrected chi connectivity index (χ4v) is 5.56. The minimum Gasteiger partial charge on any atom is -0.460 e. The Hall–Kier alpha value is -3.29. The summed E-state index contributed by atoms with van der Waals surface area (Å²) in [5, 5.41) is 5.44. The number of ether oxygens (including phenoxy) is 1. The number of aromatic nitrogens is 3. The molecule has 2 amide bonds. The van der Waals surface area contributed by atoms with Gasteiger partial charge in [0.05, 0.1) is 31.2 Å². The van der Waals surface area contributed by atoms with E-state index in [4.69, 9.17) is 15.5 Å². The normalized spacial score (nSPS) is 16.4. The second-order valence-corrected chi connectivity index (χ2v) is 12.1. The number of alkyl halides is 1. The molecule has 5 rings (SSSR count). The molecule has 10 nitrogen and oxygen atoms in total. The van der Waals surface area contributed by atoms with Crippen LogP contribution in [0.15, 0.2) is 30.5 Å². The van der Waals surface area contributed by atoms with E-state index in [9.17, 15) is 18.8 Å². The number of carbonyl (C=O) groups is 3. The Labute approximate surface area is 238 Å². The van der Waals surface area contributed by atoms with Crippen molar-refractivity contribution in [3.63, 3.8) is 0 Å². The van der Waals surface area contributed by atoms with Crippen molar-refractivity contribution >= 4 is 57.2 Å². The Kier molecular flexibility index (Phi) is 7.25. The highest BCUT2D eigenvalue weighted by Crippen LogP contribution is 2.30. The summed E-state index contributed by atoms with van der Waals surface area (Å²) in [6, 6.07) is 6.53. The average molecular weight is 648 g/mol. The van der Waals surface area contributed by atoms with Crippen molar-refractivity contribution in [2.75, 3.05) is 18.0 Å². The summed E-state index contributed by atoms with van der Waals surface area (Å²) in [5.41, 5.74) is 7.88. The molecule has 0 spiro atoms. The Morgan fingerprint density at radius 2 is 2.00 bits per heavy atom. The molecule has 2 aromatic heterocycles. The fourth-order valence-electron chi connectivity index (χ4n) is 4.91. The number of halogens is 2. The molecule has 1 atom stereocenters. The van der Waals surface area contributed by atoms with Gasteiger partial charge in [0.1, 0.15) is 23.6 Å². The molecule has 0 aliphatic carbocycles. The van der Waals surface area contributed by atoms with Gasteiger partial charge in [-0.25, -0.2) is 14.1 Å². The van der Waals surface area contributed by atoms with Crippen LogP contribution in [0.3, 0.4) is 0 Å². The van der Waals surface area contributed by atoms with Crippen LogP contribution in [0.5, 0.6) is 0 Å². The van der Waals surface area contributed by atoms with E-state index < -0.39 is 29.7 Å². The number of carbonyl (C=O) groups excluding carboxylic acids is 3. The predicted molar refractivity (Wildman–Crippen MR) is 151 cm³/mol. The quantitative estimate of drug-likeness (QED) is 0.294. The molecule has 4 heterocycles. The third kappa shape index (κ3) is 5.70. The second kappa shape index (κ2) is 10.4. The average Bonchev–Trinajstić information content (AvgIpc) is 3.37. The first-order valence-electron chi connectivity index (χ1n) is 12.7. The summed E-state index contributed by atoms with van der Waals surface area (Å²) in [6.45, 7) is 6.60. The fraction of sp³-hybridized carbons (Fsp3) is 0.444. The molecule has 12 heteroatoms. The minimum absolute atomic E-state index is 0.0280. The first kappa shape index (κ1) is 27.3. The van der Waals surface area contributed by atoms with Crippen LogP contribution in [0.25, 0.3) is 11.0 Å². The summed E-state index contributed by atoms with van der Waals surface area (Å²) in [5.74, 6) is -0.685. The van der Waals surface area contributed by atoms with Crippen molar-refractivity contribution < 1.29 is 23.5 Å². The third-order valence-electron chi connectivity index (χ3n) is 6.79. The number of esters is 1. The van der Waals surface area contributed by atoms with Gasteiger partial charge >= 0.3 is 5.97 Å². The zero-order valence-corrected chi connectivity index (χ0v) is 24.1. The number of fused-ring (bicyclic) bond motifs is 2. The van der Waals surface area contributed by atoms with Crippen LogP contribution < -0.4 is 10.6 Å². The lowest BCUT2D eigenvalue weighted by molar-refractivity contribution is -0.155. The van der Waals surface area contributed by atoms with E-state index in [-0.39, 0.29) is 25.3 Å². The lowest BCUT2D eigenvalue weighted by Gasteiger charge is -2.35. The SMILES string of the molecule is CC(C)(C)OC(=O)CC[C@@H](C(N)=O)N1Cc2cc(Cn3ncc4c(I)cc(N5CC(F)C5)nc43)ccc2C1=O. The number of nitrogens with two attached hydrogens (primary N) is 1. The molecule has 3 aromatic rings. The number of anilines is 1. The highest BCUT2D eigenvalue weighted by Gasteiger charge is 2.36. The number of nitrogens with zero attached hydrogens (tertiary/aromatic N) is 5. The van der Waals surface area contributed by atoms with Crippen LogP contribution in [0.2, 0.25) is 0 Å². The summed E-state index contributed by atoms with van der Waals surface area (Å²) >= 11 is 2.24. The van der Waals surface area contributed by atoms with Gasteiger partial charge in [0.15, 0.2) is 5.65 Å². The topological polar surface area (TPSA) is 124 Å². The molecule has 206 valence electrons. The Bertz CT molecular complexity index is 1460. The van der Waals surface area contributed by atoms with Crippen molar-refractivity contribution in [3.8, 4) is 0 Å². The Balaban J connectivity index is 1.32. The molecular weight excluding hydrogens is 618 g/mol. The molecular formula is C27H30FIN6O4. The molecule has 2 N–H and O–H groups in total. The third-order valence-corrected chi connectivity index (χ3v) is 7.68. The summed E-state index contributed by atoms with van der Waals surface area (Å²) < 4.78 is 21.5. The van der Waals surface area contributed by atoms with Crippen molar-refractivity contribution in [1.82, 2.24) is 19.7 Å². The van der Waals surface area contributed by atoms with Crippen LogP contribution in [0.4, 0.5) is 10.2 Å².